The third-order valence-electron chi connectivity index (χ3n) is 5.27. The van der Waals surface area contributed by atoms with Crippen LogP contribution in [0.25, 0.3) is 0 Å². The van der Waals surface area contributed by atoms with E-state index in [1.165, 1.54) is 24.0 Å². The van der Waals surface area contributed by atoms with Crippen LogP contribution in [0.15, 0.2) is 72.2 Å². The topological polar surface area (TPSA) is 63.5 Å². The van der Waals surface area contributed by atoms with Crippen LogP contribution in [-0.2, 0) is 19.6 Å². The van der Waals surface area contributed by atoms with E-state index in [1.54, 1.807) is 6.20 Å². The molecule has 4 rings (SSSR count). The third-order valence-corrected chi connectivity index (χ3v) is 5.27. The first-order chi connectivity index (χ1) is 15.3. The van der Waals surface area contributed by atoms with E-state index in [9.17, 15) is 0 Å². The molecule has 32 heavy (non-hydrogen) atoms. The van der Waals surface area contributed by atoms with Crippen molar-refractivity contribution in [3.05, 3.63) is 83.9 Å². The zero-order chi connectivity index (χ0) is 21.3. The molecule has 0 amide bonds. The fourth-order valence-electron chi connectivity index (χ4n) is 3.39. The molecule has 1 fully saturated rings. The molecule has 170 valence electrons. The predicted octanol–water partition coefficient (Wildman–Crippen LogP) is 4.59. The Labute approximate surface area is 207 Å². The molecular weight excluding hydrogens is 513 g/mol. The van der Waals surface area contributed by atoms with Crippen LogP contribution >= 0.6 is 24.0 Å². The molecule has 0 aliphatic heterocycles. The predicted molar refractivity (Wildman–Crippen MR) is 140 cm³/mol. The molecule has 0 unspecified atom stereocenters. The normalized spacial score (nSPS) is 13.3. The van der Waals surface area contributed by atoms with Gasteiger partial charge in [0.15, 0.2) is 5.96 Å². The molecule has 3 aromatic rings. The quantitative estimate of drug-likeness (QED) is 0.222. The summed E-state index contributed by atoms with van der Waals surface area (Å²) in [6.07, 6.45) is 8.20. The molecule has 1 aliphatic carbocycles. The average molecular weight is 545 g/mol. The van der Waals surface area contributed by atoms with Crippen molar-refractivity contribution in [1.29, 1.82) is 0 Å². The highest BCUT2D eigenvalue weighted by molar-refractivity contribution is 14.0. The van der Waals surface area contributed by atoms with Crippen LogP contribution in [0.5, 0.6) is 5.75 Å². The number of imidazole rings is 1. The van der Waals surface area contributed by atoms with Crippen molar-refractivity contribution < 1.29 is 4.74 Å². The van der Waals surface area contributed by atoms with E-state index in [1.807, 2.05) is 18.6 Å². The summed E-state index contributed by atoms with van der Waals surface area (Å²) in [4.78, 5) is 8.90. The van der Waals surface area contributed by atoms with Gasteiger partial charge in [0.05, 0.1) is 19.5 Å². The first-order valence-corrected chi connectivity index (χ1v) is 11.1. The Bertz CT molecular complexity index is 986. The molecule has 1 aliphatic rings. The van der Waals surface area contributed by atoms with Crippen molar-refractivity contribution in [2.45, 2.75) is 39.4 Å². The van der Waals surface area contributed by atoms with Gasteiger partial charge in [-0.25, -0.2) is 9.98 Å². The largest absolute Gasteiger partial charge is 0.493 e. The van der Waals surface area contributed by atoms with Gasteiger partial charge in [0.25, 0.3) is 0 Å². The van der Waals surface area contributed by atoms with E-state index < -0.39 is 0 Å². The molecule has 1 saturated carbocycles. The van der Waals surface area contributed by atoms with Crippen molar-refractivity contribution in [2.24, 2.45) is 10.9 Å². The minimum atomic E-state index is 0. The van der Waals surface area contributed by atoms with Crippen LogP contribution in [0.2, 0.25) is 0 Å². The van der Waals surface area contributed by atoms with E-state index in [0.29, 0.717) is 13.1 Å². The molecule has 1 heterocycles. The summed E-state index contributed by atoms with van der Waals surface area (Å²) in [7, 11) is 0. The number of nitrogens with zero attached hydrogens (tertiary/aromatic N) is 3. The molecule has 0 saturated heterocycles. The van der Waals surface area contributed by atoms with Gasteiger partial charge in [-0.1, -0.05) is 42.5 Å². The van der Waals surface area contributed by atoms with Crippen molar-refractivity contribution in [3.8, 4) is 5.75 Å². The summed E-state index contributed by atoms with van der Waals surface area (Å²) < 4.78 is 8.10. The van der Waals surface area contributed by atoms with E-state index in [-0.39, 0.29) is 24.0 Å². The summed E-state index contributed by atoms with van der Waals surface area (Å²) in [6, 6.07) is 16.8. The SMILES string of the molecule is CCNC(=NCc1cccc(Cn2ccnc2)c1)NCc1ccccc1OCC1CC1.I. The number of halogens is 1. The Morgan fingerprint density at radius 2 is 1.97 bits per heavy atom. The van der Waals surface area contributed by atoms with Gasteiger partial charge < -0.3 is 19.9 Å². The van der Waals surface area contributed by atoms with Crippen LogP contribution < -0.4 is 15.4 Å². The minimum absolute atomic E-state index is 0. The molecular formula is C25H32IN5O. The Hall–Kier alpha value is -2.55. The standard InChI is InChI=1S/C25H31N5O.HI/c1-2-27-25(29-16-23-8-3-4-9-24(23)31-18-20-10-11-20)28-15-21-6-5-7-22(14-21)17-30-13-12-26-19-30;/h3-9,12-14,19-20H,2,10-11,15-18H2,1H3,(H2,27,28,29);1H. The number of ether oxygens (including phenoxy) is 1. The highest BCUT2D eigenvalue weighted by atomic mass is 127. The Morgan fingerprint density at radius 3 is 2.75 bits per heavy atom. The van der Waals surface area contributed by atoms with Crippen LogP contribution in [0, 0.1) is 5.92 Å². The number of aromatic nitrogens is 2. The minimum Gasteiger partial charge on any atom is -0.493 e. The van der Waals surface area contributed by atoms with E-state index in [0.717, 1.165) is 42.9 Å². The summed E-state index contributed by atoms with van der Waals surface area (Å²) in [6.45, 7) is 5.82. The molecule has 0 radical (unpaired) electrons. The smallest absolute Gasteiger partial charge is 0.191 e. The lowest BCUT2D eigenvalue weighted by atomic mass is 10.1. The number of aliphatic imine (C=N–C) groups is 1. The van der Waals surface area contributed by atoms with Crippen LogP contribution in [0.3, 0.4) is 0 Å². The Kier molecular flexibility index (Phi) is 9.40. The van der Waals surface area contributed by atoms with Crippen molar-refractivity contribution in [2.75, 3.05) is 13.2 Å². The van der Waals surface area contributed by atoms with Gasteiger partial charge in [0.2, 0.25) is 0 Å². The van der Waals surface area contributed by atoms with Gasteiger partial charge in [-0.15, -0.1) is 24.0 Å². The second kappa shape index (κ2) is 12.5. The van der Waals surface area contributed by atoms with Gasteiger partial charge in [0.1, 0.15) is 5.75 Å². The van der Waals surface area contributed by atoms with E-state index in [4.69, 9.17) is 9.73 Å². The van der Waals surface area contributed by atoms with Crippen molar-refractivity contribution >= 4 is 29.9 Å². The van der Waals surface area contributed by atoms with Crippen LogP contribution in [-0.4, -0.2) is 28.7 Å². The van der Waals surface area contributed by atoms with Crippen LogP contribution in [0.1, 0.15) is 36.5 Å². The first kappa shape index (κ1) is 24.1. The van der Waals surface area contributed by atoms with Gasteiger partial charge in [-0.05, 0) is 42.9 Å². The Morgan fingerprint density at radius 1 is 1.12 bits per heavy atom. The maximum absolute atomic E-state index is 6.03. The third kappa shape index (κ3) is 7.55. The monoisotopic (exact) mass is 545 g/mol. The molecule has 6 nitrogen and oxygen atoms in total. The lowest BCUT2D eigenvalue weighted by Crippen LogP contribution is -2.36. The first-order valence-electron chi connectivity index (χ1n) is 11.1. The van der Waals surface area contributed by atoms with Crippen LogP contribution in [0.4, 0.5) is 0 Å². The number of guanidine groups is 1. The molecule has 0 atom stereocenters. The maximum Gasteiger partial charge on any atom is 0.191 e. The second-order valence-corrected chi connectivity index (χ2v) is 7.97. The number of para-hydroxylation sites is 1. The fourth-order valence-corrected chi connectivity index (χ4v) is 3.39. The lowest BCUT2D eigenvalue weighted by Gasteiger charge is -2.15. The summed E-state index contributed by atoms with van der Waals surface area (Å²) >= 11 is 0. The van der Waals surface area contributed by atoms with Gasteiger partial charge in [0, 0.05) is 37.6 Å². The summed E-state index contributed by atoms with van der Waals surface area (Å²) in [5, 5.41) is 6.79. The summed E-state index contributed by atoms with van der Waals surface area (Å²) in [5.41, 5.74) is 3.57. The highest BCUT2D eigenvalue weighted by Gasteiger charge is 2.22. The zero-order valence-corrected chi connectivity index (χ0v) is 20.9. The van der Waals surface area contributed by atoms with Gasteiger partial charge >= 0.3 is 0 Å². The van der Waals surface area contributed by atoms with Crippen molar-refractivity contribution in [3.63, 3.8) is 0 Å². The molecule has 2 N–H and O–H groups in total. The zero-order valence-electron chi connectivity index (χ0n) is 18.5. The fraction of sp³-hybridized carbons (Fsp3) is 0.360. The number of hydrogen-bond acceptors (Lipinski definition) is 3. The molecule has 2 aromatic carbocycles. The van der Waals surface area contributed by atoms with E-state index in [2.05, 4.69) is 69.6 Å². The average Bonchev–Trinajstić information content (AvgIpc) is 3.49. The number of hydrogen-bond donors (Lipinski definition) is 2. The van der Waals surface area contributed by atoms with Gasteiger partial charge in [-0.3, -0.25) is 0 Å². The molecule has 7 heteroatoms. The molecule has 1 aromatic heterocycles. The Balaban J connectivity index is 0.00000289. The molecule has 0 spiro atoms. The molecule has 0 bridgehead atoms. The second-order valence-electron chi connectivity index (χ2n) is 7.97. The number of rotatable bonds is 10. The lowest BCUT2D eigenvalue weighted by molar-refractivity contribution is 0.296. The highest BCUT2D eigenvalue weighted by Crippen LogP contribution is 2.30. The van der Waals surface area contributed by atoms with E-state index >= 15 is 0 Å². The maximum atomic E-state index is 6.03. The van der Waals surface area contributed by atoms with Gasteiger partial charge in [-0.2, -0.15) is 0 Å². The van der Waals surface area contributed by atoms with Crippen molar-refractivity contribution in [1.82, 2.24) is 20.2 Å². The number of benzene rings is 2. The summed E-state index contributed by atoms with van der Waals surface area (Å²) in [5.74, 6) is 2.51. The number of nitrogens with one attached hydrogen (secondary N) is 2.